The number of likely N-dealkylation sites (tertiary alicyclic amines) is 1. The van der Waals surface area contributed by atoms with Crippen LogP contribution in [0, 0.1) is 0 Å². The number of benzene rings is 2. The summed E-state index contributed by atoms with van der Waals surface area (Å²) in [6.45, 7) is 2.45. The van der Waals surface area contributed by atoms with E-state index in [-0.39, 0.29) is 12.0 Å². The second-order valence-electron chi connectivity index (χ2n) is 9.00. The van der Waals surface area contributed by atoms with Crippen molar-refractivity contribution in [3.63, 3.8) is 0 Å². The summed E-state index contributed by atoms with van der Waals surface area (Å²) in [7, 11) is 1.60. The van der Waals surface area contributed by atoms with E-state index >= 15 is 0 Å². The molecule has 2 amide bonds. The Balaban J connectivity index is 1.26. The lowest BCUT2D eigenvalue weighted by Gasteiger charge is -2.22. The third kappa shape index (κ3) is 4.91. The Morgan fingerprint density at radius 2 is 1.94 bits per heavy atom. The maximum Gasteiger partial charge on any atom is 0.410 e. The largest absolute Gasteiger partial charge is 0.495 e. The van der Waals surface area contributed by atoms with Crippen molar-refractivity contribution < 1.29 is 19.1 Å². The van der Waals surface area contributed by atoms with Crippen LogP contribution in [0.15, 0.2) is 73.1 Å². The van der Waals surface area contributed by atoms with Gasteiger partial charge in [-0.1, -0.05) is 36.4 Å². The molecule has 1 N–H and O–H groups in total. The smallest absolute Gasteiger partial charge is 0.410 e. The minimum atomic E-state index is -0.657. The van der Waals surface area contributed by atoms with Crippen LogP contribution in [-0.2, 0) is 17.8 Å². The Morgan fingerprint density at radius 3 is 2.71 bits per heavy atom. The number of ether oxygens (including phenoxy) is 2. The van der Waals surface area contributed by atoms with E-state index in [9.17, 15) is 9.59 Å². The van der Waals surface area contributed by atoms with Gasteiger partial charge in [0.25, 0.3) is 5.91 Å². The summed E-state index contributed by atoms with van der Waals surface area (Å²) in [6.07, 6.45) is 3.82. The lowest BCUT2D eigenvalue weighted by atomic mass is 10.0. The molecule has 2 aliphatic heterocycles. The first kappa shape index (κ1) is 22.7. The van der Waals surface area contributed by atoms with Gasteiger partial charge < -0.3 is 19.7 Å². The highest BCUT2D eigenvalue weighted by Crippen LogP contribution is 2.34. The third-order valence-electron chi connectivity index (χ3n) is 6.51. The van der Waals surface area contributed by atoms with Crippen molar-refractivity contribution in [3.8, 4) is 5.75 Å². The molecule has 0 saturated carbocycles. The average Bonchev–Trinajstić information content (AvgIpc) is 3.44. The molecule has 2 fully saturated rings. The number of rotatable bonds is 7. The molecule has 0 aliphatic carbocycles. The van der Waals surface area contributed by atoms with Crippen LogP contribution in [-0.4, -0.2) is 59.1 Å². The Hall–Kier alpha value is -4.07. The Morgan fingerprint density at radius 1 is 1.11 bits per heavy atom. The molecule has 0 radical (unpaired) electrons. The topological polar surface area (TPSA) is 84.0 Å². The molecule has 0 unspecified atom stereocenters. The van der Waals surface area contributed by atoms with E-state index < -0.39 is 5.60 Å². The van der Waals surface area contributed by atoms with Gasteiger partial charge in [-0.25, -0.2) is 4.79 Å². The second kappa shape index (κ2) is 9.66. The summed E-state index contributed by atoms with van der Waals surface area (Å²) < 4.78 is 11.3. The van der Waals surface area contributed by atoms with Crippen LogP contribution in [0.2, 0.25) is 0 Å². The predicted octanol–water partition coefficient (Wildman–Crippen LogP) is 3.94. The number of carbonyl (C=O) groups is 2. The number of anilines is 1. The fourth-order valence-corrected chi connectivity index (χ4v) is 4.71. The van der Waals surface area contributed by atoms with Crippen molar-refractivity contribution in [2.45, 2.75) is 25.1 Å². The van der Waals surface area contributed by atoms with Gasteiger partial charge in [-0.05, 0) is 35.4 Å². The fourth-order valence-electron chi connectivity index (χ4n) is 4.71. The summed E-state index contributed by atoms with van der Waals surface area (Å²) in [5.41, 5.74) is 2.71. The monoisotopic (exact) mass is 472 g/mol. The van der Waals surface area contributed by atoms with E-state index in [0.29, 0.717) is 50.5 Å². The van der Waals surface area contributed by atoms with E-state index in [1.807, 2.05) is 48.5 Å². The third-order valence-corrected chi connectivity index (χ3v) is 6.51. The van der Waals surface area contributed by atoms with Gasteiger partial charge in [0.05, 0.1) is 25.9 Å². The predicted molar refractivity (Wildman–Crippen MR) is 131 cm³/mol. The molecule has 8 heteroatoms. The van der Waals surface area contributed by atoms with Gasteiger partial charge in [-0.3, -0.25) is 14.7 Å². The van der Waals surface area contributed by atoms with Crippen LogP contribution < -0.4 is 10.1 Å². The standard InChI is InChI=1S/C27H28N4O4/c1-34-24-10-9-22(14-23(24)29-16-21-8-5-12-28-15-21)25(32)30-13-11-27(18-30)19-31(26(33)35-27)17-20-6-3-2-4-7-20/h2-10,12,14-15,29H,11,13,16-19H2,1H3/t27-/m1/s1. The van der Waals surface area contributed by atoms with Gasteiger partial charge in [-0.15, -0.1) is 0 Å². The summed E-state index contributed by atoms with van der Waals surface area (Å²) >= 11 is 0. The fraction of sp³-hybridized carbons (Fsp3) is 0.296. The first-order chi connectivity index (χ1) is 17.0. The number of nitrogens with one attached hydrogen (secondary N) is 1. The molecule has 2 aromatic carbocycles. The van der Waals surface area contributed by atoms with Crippen molar-refractivity contribution >= 4 is 17.7 Å². The maximum atomic E-state index is 13.4. The number of amides is 2. The summed E-state index contributed by atoms with van der Waals surface area (Å²) in [5, 5.41) is 3.34. The van der Waals surface area contributed by atoms with Gasteiger partial charge in [-0.2, -0.15) is 0 Å². The number of nitrogens with zero attached hydrogens (tertiary/aromatic N) is 3. The number of methoxy groups -OCH3 is 1. The SMILES string of the molecule is COc1ccc(C(=O)N2CC[C@]3(CN(Cc4ccccc4)C(=O)O3)C2)cc1NCc1cccnc1. The van der Waals surface area contributed by atoms with Crippen molar-refractivity contribution in [3.05, 3.63) is 89.7 Å². The molecule has 35 heavy (non-hydrogen) atoms. The van der Waals surface area contributed by atoms with Crippen LogP contribution >= 0.6 is 0 Å². The molecule has 8 nitrogen and oxygen atoms in total. The summed E-state index contributed by atoms with van der Waals surface area (Å²) in [5.74, 6) is 0.566. The van der Waals surface area contributed by atoms with Crippen LogP contribution in [0.5, 0.6) is 5.75 Å². The highest BCUT2D eigenvalue weighted by molar-refractivity contribution is 5.96. The molecule has 1 atom stereocenters. The molecule has 0 bridgehead atoms. The molecule has 2 saturated heterocycles. The highest BCUT2D eigenvalue weighted by atomic mass is 16.6. The Kier molecular flexibility index (Phi) is 6.27. The first-order valence-electron chi connectivity index (χ1n) is 11.7. The van der Waals surface area contributed by atoms with Gasteiger partial charge >= 0.3 is 6.09 Å². The molecule has 3 aromatic rings. The molecule has 1 aromatic heterocycles. The molecule has 1 spiro atoms. The van der Waals surface area contributed by atoms with Crippen molar-refractivity contribution in [1.29, 1.82) is 0 Å². The summed E-state index contributed by atoms with van der Waals surface area (Å²) in [4.78, 5) is 33.5. The van der Waals surface area contributed by atoms with E-state index in [0.717, 1.165) is 16.8 Å². The van der Waals surface area contributed by atoms with Crippen LogP contribution in [0.25, 0.3) is 0 Å². The van der Waals surface area contributed by atoms with E-state index in [2.05, 4.69) is 10.3 Å². The minimum Gasteiger partial charge on any atom is -0.495 e. The molecular formula is C27H28N4O4. The molecule has 2 aliphatic rings. The van der Waals surface area contributed by atoms with E-state index in [1.54, 1.807) is 41.4 Å². The van der Waals surface area contributed by atoms with Gasteiger partial charge in [0.2, 0.25) is 0 Å². The number of aromatic nitrogens is 1. The number of carbonyl (C=O) groups excluding carboxylic acids is 2. The van der Waals surface area contributed by atoms with Crippen LogP contribution in [0.4, 0.5) is 10.5 Å². The van der Waals surface area contributed by atoms with E-state index in [1.165, 1.54) is 0 Å². The zero-order valence-electron chi connectivity index (χ0n) is 19.6. The zero-order chi connectivity index (χ0) is 24.3. The Labute approximate surface area is 204 Å². The van der Waals surface area contributed by atoms with Gasteiger partial charge in [0, 0.05) is 44.0 Å². The van der Waals surface area contributed by atoms with Crippen LogP contribution in [0.1, 0.15) is 27.9 Å². The van der Waals surface area contributed by atoms with Gasteiger partial charge in [0.15, 0.2) is 5.60 Å². The van der Waals surface area contributed by atoms with Crippen molar-refractivity contribution in [1.82, 2.24) is 14.8 Å². The normalized spacial score (nSPS) is 19.2. The highest BCUT2D eigenvalue weighted by Gasteiger charge is 2.50. The molecule has 180 valence electrons. The maximum absolute atomic E-state index is 13.4. The van der Waals surface area contributed by atoms with Gasteiger partial charge in [0.1, 0.15) is 5.75 Å². The molecule has 3 heterocycles. The second-order valence-corrected chi connectivity index (χ2v) is 9.00. The quantitative estimate of drug-likeness (QED) is 0.561. The first-order valence-corrected chi connectivity index (χ1v) is 11.7. The van der Waals surface area contributed by atoms with Crippen molar-refractivity contribution in [2.75, 3.05) is 32.1 Å². The minimum absolute atomic E-state index is 0.0912. The van der Waals surface area contributed by atoms with Crippen LogP contribution in [0.3, 0.4) is 0 Å². The van der Waals surface area contributed by atoms with Crippen molar-refractivity contribution in [2.24, 2.45) is 0 Å². The number of hydrogen-bond acceptors (Lipinski definition) is 6. The molecular weight excluding hydrogens is 444 g/mol. The molecule has 5 rings (SSSR count). The lowest BCUT2D eigenvalue weighted by Crippen LogP contribution is -2.39. The Bertz CT molecular complexity index is 1200. The lowest BCUT2D eigenvalue weighted by molar-refractivity contribution is 0.0553. The average molecular weight is 473 g/mol. The van der Waals surface area contributed by atoms with E-state index in [4.69, 9.17) is 9.47 Å². The summed E-state index contributed by atoms with van der Waals surface area (Å²) in [6, 6.07) is 19.1. The number of hydrogen-bond donors (Lipinski definition) is 1. The zero-order valence-corrected chi connectivity index (χ0v) is 19.6. The number of pyridine rings is 1.